The fourth-order valence-corrected chi connectivity index (χ4v) is 1.98. The van der Waals surface area contributed by atoms with Crippen molar-refractivity contribution in [1.82, 2.24) is 15.6 Å². The average Bonchev–Trinajstić information content (AvgIpc) is 2.71. The van der Waals surface area contributed by atoms with Gasteiger partial charge in [-0.25, -0.2) is 0 Å². The van der Waals surface area contributed by atoms with Crippen molar-refractivity contribution in [3.05, 3.63) is 76.1 Å². The molecule has 3 N–H and O–H groups in total. The van der Waals surface area contributed by atoms with Crippen LogP contribution in [-0.2, 0) is 4.84 Å². The van der Waals surface area contributed by atoms with Gasteiger partial charge in [-0.3, -0.25) is 9.78 Å². The molecule has 0 bridgehead atoms. The van der Waals surface area contributed by atoms with Gasteiger partial charge in [0.05, 0.1) is 11.7 Å². The topological polar surface area (TPSA) is 127 Å². The van der Waals surface area contributed by atoms with Crippen LogP contribution in [0.2, 0.25) is 0 Å². The molecule has 2 atom stereocenters. The van der Waals surface area contributed by atoms with Crippen molar-refractivity contribution in [1.29, 1.82) is 0 Å². The Morgan fingerprint density at radius 1 is 1.30 bits per heavy atom. The van der Waals surface area contributed by atoms with Gasteiger partial charge >= 0.3 is 0 Å². The first-order valence-electron chi connectivity index (χ1n) is 8.31. The smallest absolute Gasteiger partial charge is 0.294 e. The van der Waals surface area contributed by atoms with E-state index in [0.717, 1.165) is 5.56 Å². The summed E-state index contributed by atoms with van der Waals surface area (Å²) in [6.45, 7) is 1.87. The second-order valence-electron chi connectivity index (χ2n) is 5.49. The van der Waals surface area contributed by atoms with Crippen molar-refractivity contribution in [2.75, 3.05) is 20.2 Å². The number of rotatable bonds is 8. The lowest BCUT2D eigenvalue weighted by Gasteiger charge is -2.17. The third-order valence-electron chi connectivity index (χ3n) is 3.58. The average molecular weight is 376 g/mol. The van der Waals surface area contributed by atoms with Gasteiger partial charge in [0.15, 0.2) is 0 Å². The Morgan fingerprint density at radius 3 is 2.56 bits per heavy atom. The van der Waals surface area contributed by atoms with Gasteiger partial charge in [-0.05, 0) is 31.7 Å². The number of aliphatic hydroxyl groups is 1. The molecule has 2 rings (SSSR count). The number of nitrogens with zero attached hydrogens (tertiary/aromatic N) is 2. The highest BCUT2D eigenvalue weighted by atomic mass is 16.9. The van der Waals surface area contributed by atoms with Crippen LogP contribution in [-0.4, -0.2) is 47.3 Å². The van der Waals surface area contributed by atoms with Gasteiger partial charge in [0.25, 0.3) is 11.0 Å². The first-order chi connectivity index (χ1) is 13.0. The van der Waals surface area contributed by atoms with Crippen LogP contribution in [0, 0.1) is 10.1 Å². The first-order valence-corrected chi connectivity index (χ1v) is 8.31. The number of amides is 1. The molecule has 2 aromatic rings. The summed E-state index contributed by atoms with van der Waals surface area (Å²) in [7, 11) is 1.84. The van der Waals surface area contributed by atoms with E-state index in [1.807, 2.05) is 44.3 Å². The maximum Gasteiger partial charge on any atom is 0.294 e. The van der Waals surface area contributed by atoms with Gasteiger partial charge in [0, 0.05) is 25.0 Å². The van der Waals surface area contributed by atoms with Crippen LogP contribution in [0.1, 0.15) is 28.9 Å². The maximum atomic E-state index is 11.3. The Bertz CT molecular complexity index is 685. The molecule has 0 aliphatic heterocycles. The monoisotopic (exact) mass is 376 g/mol. The zero-order valence-electron chi connectivity index (χ0n) is 15.2. The second-order valence-corrected chi connectivity index (χ2v) is 5.49. The van der Waals surface area contributed by atoms with Crippen molar-refractivity contribution >= 4 is 5.91 Å². The molecule has 0 spiro atoms. The Labute approximate surface area is 157 Å². The lowest BCUT2D eigenvalue weighted by atomic mass is 10.0. The molecule has 1 heterocycles. The van der Waals surface area contributed by atoms with Crippen LogP contribution in [0.25, 0.3) is 0 Å². The molecular formula is C18H24N4O5. The van der Waals surface area contributed by atoms with E-state index in [-0.39, 0.29) is 25.1 Å². The van der Waals surface area contributed by atoms with Gasteiger partial charge in [-0.15, -0.1) is 10.1 Å². The maximum absolute atomic E-state index is 11.3. The summed E-state index contributed by atoms with van der Waals surface area (Å²) in [6.07, 6.45) is 2.53. The number of nitrogens with one attached hydrogen (secondary N) is 2. The number of hydrogen-bond acceptors (Lipinski definition) is 7. The molecule has 1 amide bonds. The molecule has 0 unspecified atom stereocenters. The van der Waals surface area contributed by atoms with E-state index in [2.05, 4.69) is 20.5 Å². The van der Waals surface area contributed by atoms with Crippen molar-refractivity contribution in [3.63, 3.8) is 0 Å². The Morgan fingerprint density at radius 2 is 2.00 bits per heavy atom. The third kappa shape index (κ3) is 8.75. The molecule has 9 heteroatoms. The quantitative estimate of drug-likeness (QED) is 0.360. The first kappa shape index (κ1) is 22.0. The van der Waals surface area contributed by atoms with Gasteiger partial charge in [-0.2, -0.15) is 0 Å². The van der Waals surface area contributed by atoms with E-state index in [0.29, 0.717) is 5.56 Å². The number of benzene rings is 1. The number of aromatic nitrogens is 1. The van der Waals surface area contributed by atoms with Crippen LogP contribution in [0.4, 0.5) is 0 Å². The molecule has 0 aliphatic rings. The normalized spacial score (nSPS) is 12.1. The molecule has 0 saturated heterocycles. The Hall–Kier alpha value is -3.04. The molecule has 0 saturated carbocycles. The standard InChI is InChI=1S/C10H15NO.C8H9N3O4/c1-8(11-2)10(12)9-6-4-3-5-7-9;12-8(7-2-1-3-9-6-7)10-4-5-15-11(13)14/h3-8,10-12H,1-2H3;1-3,6H,4-5H2,(H,10,12)/t8-,10+;/m0./s1. The zero-order chi connectivity index (χ0) is 20.1. The molecule has 27 heavy (non-hydrogen) atoms. The van der Waals surface area contributed by atoms with Crippen molar-refractivity contribution in [2.24, 2.45) is 0 Å². The molecule has 9 nitrogen and oxygen atoms in total. The van der Waals surface area contributed by atoms with Crippen molar-refractivity contribution in [2.45, 2.75) is 19.1 Å². The lowest BCUT2D eigenvalue weighted by molar-refractivity contribution is -0.757. The third-order valence-corrected chi connectivity index (χ3v) is 3.58. The van der Waals surface area contributed by atoms with E-state index < -0.39 is 11.2 Å². The summed E-state index contributed by atoms with van der Waals surface area (Å²) in [4.78, 5) is 28.9. The summed E-state index contributed by atoms with van der Waals surface area (Å²) < 4.78 is 0. The number of pyridine rings is 1. The highest BCUT2D eigenvalue weighted by Crippen LogP contribution is 2.15. The number of hydrogen-bond donors (Lipinski definition) is 3. The molecular weight excluding hydrogens is 352 g/mol. The summed E-state index contributed by atoms with van der Waals surface area (Å²) in [5, 5.41) is 24.1. The summed E-state index contributed by atoms with van der Waals surface area (Å²) in [6, 6.07) is 13.0. The molecule has 146 valence electrons. The number of carbonyl (C=O) groups excluding carboxylic acids is 1. The van der Waals surface area contributed by atoms with E-state index in [1.54, 1.807) is 18.3 Å². The lowest BCUT2D eigenvalue weighted by Crippen LogP contribution is -2.28. The minimum Gasteiger partial charge on any atom is -0.387 e. The fourth-order valence-electron chi connectivity index (χ4n) is 1.98. The van der Waals surface area contributed by atoms with Crippen LogP contribution in [0.3, 0.4) is 0 Å². The predicted molar refractivity (Wildman–Crippen MR) is 99.4 cm³/mol. The Balaban J connectivity index is 0.000000277. The highest BCUT2D eigenvalue weighted by Gasteiger charge is 2.13. The zero-order valence-corrected chi connectivity index (χ0v) is 15.2. The number of carbonyl (C=O) groups is 1. The van der Waals surface area contributed by atoms with E-state index in [1.165, 1.54) is 6.20 Å². The van der Waals surface area contributed by atoms with Gasteiger partial charge in [0.1, 0.15) is 6.61 Å². The SMILES string of the molecule is CN[C@@H](C)[C@@H](O)c1ccccc1.O=C(NCCO[N+](=O)[O-])c1cccnc1. The van der Waals surface area contributed by atoms with E-state index in [9.17, 15) is 20.0 Å². The van der Waals surface area contributed by atoms with Crippen molar-refractivity contribution in [3.8, 4) is 0 Å². The van der Waals surface area contributed by atoms with Crippen LogP contribution >= 0.6 is 0 Å². The summed E-state index contributed by atoms with van der Waals surface area (Å²) in [5.41, 5.74) is 1.36. The summed E-state index contributed by atoms with van der Waals surface area (Å²) in [5.74, 6) is -0.338. The molecule has 0 aliphatic carbocycles. The summed E-state index contributed by atoms with van der Waals surface area (Å²) >= 11 is 0. The minimum absolute atomic E-state index is 0.0781. The molecule has 0 radical (unpaired) electrons. The number of aliphatic hydroxyl groups excluding tert-OH is 1. The van der Waals surface area contributed by atoms with Gasteiger partial charge < -0.3 is 20.6 Å². The largest absolute Gasteiger partial charge is 0.387 e. The highest BCUT2D eigenvalue weighted by molar-refractivity contribution is 5.93. The predicted octanol–water partition coefficient (Wildman–Crippen LogP) is 1.35. The minimum atomic E-state index is -0.907. The number of likely N-dealkylation sites (N-methyl/N-ethyl adjacent to an activating group) is 1. The van der Waals surface area contributed by atoms with Crippen LogP contribution in [0.15, 0.2) is 54.9 Å². The molecule has 1 aromatic carbocycles. The Kier molecular flexibility index (Phi) is 10.1. The van der Waals surface area contributed by atoms with E-state index in [4.69, 9.17) is 0 Å². The van der Waals surface area contributed by atoms with Crippen LogP contribution < -0.4 is 10.6 Å². The fraction of sp³-hybridized carbons (Fsp3) is 0.333. The van der Waals surface area contributed by atoms with Gasteiger partial charge in [0.2, 0.25) is 0 Å². The second kappa shape index (κ2) is 12.3. The van der Waals surface area contributed by atoms with E-state index >= 15 is 0 Å². The van der Waals surface area contributed by atoms with Crippen LogP contribution in [0.5, 0.6) is 0 Å². The molecule has 0 fully saturated rings. The molecule has 1 aromatic heterocycles. The van der Waals surface area contributed by atoms with Gasteiger partial charge in [-0.1, -0.05) is 30.3 Å². The van der Waals surface area contributed by atoms with Crippen molar-refractivity contribution < 1.29 is 19.8 Å².